The van der Waals surface area contributed by atoms with Crippen molar-refractivity contribution in [1.82, 2.24) is 0 Å². The van der Waals surface area contributed by atoms with Crippen LogP contribution < -0.4 is 0 Å². The van der Waals surface area contributed by atoms with Crippen LogP contribution in [0.25, 0.3) is 0 Å². The van der Waals surface area contributed by atoms with E-state index >= 15 is 0 Å². The second kappa shape index (κ2) is 4.39. The third kappa shape index (κ3) is 3.42. The van der Waals surface area contributed by atoms with Crippen LogP contribution in [0, 0.1) is 18.8 Å². The summed E-state index contributed by atoms with van der Waals surface area (Å²) in [7, 11) is 0. The summed E-state index contributed by atoms with van der Waals surface area (Å²) in [4.78, 5) is 0. The van der Waals surface area contributed by atoms with Crippen molar-refractivity contribution < 1.29 is 4.39 Å². The lowest BCUT2D eigenvalue weighted by atomic mass is 10.3. The normalized spacial score (nSPS) is 10.9. The first kappa shape index (κ1) is 7.23. The molecule has 1 radical (unpaired) electrons. The molecule has 0 unspecified atom stereocenters. The van der Waals surface area contributed by atoms with Crippen molar-refractivity contribution in [3.05, 3.63) is 18.3 Å². The van der Waals surface area contributed by atoms with Gasteiger partial charge in [0.2, 0.25) is 0 Å². The molecule has 0 aromatic carbocycles. The molecular formula is C7H8F. The van der Waals surface area contributed by atoms with Gasteiger partial charge in [-0.2, -0.15) is 0 Å². The molecule has 0 aromatic rings. The van der Waals surface area contributed by atoms with Gasteiger partial charge in [0, 0.05) is 0 Å². The van der Waals surface area contributed by atoms with Crippen LogP contribution in [0.15, 0.2) is 11.9 Å². The molecule has 0 bridgehead atoms. The van der Waals surface area contributed by atoms with E-state index in [1.165, 1.54) is 6.08 Å². The zero-order valence-electron chi connectivity index (χ0n) is 4.82. The van der Waals surface area contributed by atoms with Crippen LogP contribution in [0.5, 0.6) is 0 Å². The van der Waals surface area contributed by atoms with E-state index in [1.54, 1.807) is 0 Å². The van der Waals surface area contributed by atoms with E-state index in [1.807, 2.05) is 6.92 Å². The fraction of sp³-hybridized carbons (Fsp3) is 0.286. The van der Waals surface area contributed by atoms with E-state index in [-0.39, 0.29) is 5.83 Å². The molecule has 0 aliphatic heterocycles. The van der Waals surface area contributed by atoms with Gasteiger partial charge in [-0.25, -0.2) is 4.39 Å². The van der Waals surface area contributed by atoms with Crippen molar-refractivity contribution in [1.29, 1.82) is 0 Å². The van der Waals surface area contributed by atoms with Crippen LogP contribution in [0.2, 0.25) is 0 Å². The minimum atomic E-state index is -0.324. The summed E-state index contributed by atoms with van der Waals surface area (Å²) in [6, 6.07) is 0. The Morgan fingerprint density at radius 1 is 1.88 bits per heavy atom. The minimum absolute atomic E-state index is 0.324. The van der Waals surface area contributed by atoms with E-state index in [0.717, 1.165) is 6.42 Å². The fourth-order valence-corrected chi connectivity index (χ4v) is 0.334. The Morgan fingerprint density at radius 2 is 2.50 bits per heavy atom. The van der Waals surface area contributed by atoms with Gasteiger partial charge in [0.15, 0.2) is 0 Å². The lowest BCUT2D eigenvalue weighted by Gasteiger charge is -1.82. The van der Waals surface area contributed by atoms with Crippen LogP contribution in [0.4, 0.5) is 4.39 Å². The highest BCUT2D eigenvalue weighted by Crippen LogP contribution is 2.00. The Kier molecular flexibility index (Phi) is 3.97. The predicted octanol–water partition coefficient (Wildman–Crippen LogP) is 2.09. The molecular weight excluding hydrogens is 103 g/mol. The molecule has 0 aliphatic carbocycles. The molecule has 0 aliphatic rings. The highest BCUT2D eigenvalue weighted by Gasteiger charge is 1.86. The monoisotopic (exact) mass is 111 g/mol. The van der Waals surface area contributed by atoms with Crippen LogP contribution >= 0.6 is 0 Å². The van der Waals surface area contributed by atoms with Gasteiger partial charge in [0.1, 0.15) is 5.83 Å². The summed E-state index contributed by atoms with van der Waals surface area (Å²) in [5.41, 5.74) is 0. The second-order valence-electron chi connectivity index (χ2n) is 1.31. The van der Waals surface area contributed by atoms with E-state index < -0.39 is 0 Å². The van der Waals surface area contributed by atoms with Gasteiger partial charge in [0.25, 0.3) is 0 Å². The van der Waals surface area contributed by atoms with Gasteiger partial charge in [0.05, 0.1) is 6.42 Å². The summed E-state index contributed by atoms with van der Waals surface area (Å²) >= 11 is 0. The maximum absolute atomic E-state index is 12.1. The first-order chi connectivity index (χ1) is 3.81. The quantitative estimate of drug-likeness (QED) is 0.478. The number of hydrogen-bond acceptors (Lipinski definition) is 0. The molecule has 0 atom stereocenters. The smallest absolute Gasteiger partial charge is 0.113 e. The summed E-state index contributed by atoms with van der Waals surface area (Å²) in [5, 5.41) is 0. The Bertz CT molecular complexity index is 117. The lowest BCUT2D eigenvalue weighted by Crippen LogP contribution is -1.69. The molecule has 0 rings (SSSR count). The summed E-state index contributed by atoms with van der Waals surface area (Å²) < 4.78 is 12.1. The Morgan fingerprint density at radius 3 is 2.88 bits per heavy atom. The van der Waals surface area contributed by atoms with E-state index in [0.29, 0.717) is 6.42 Å². The van der Waals surface area contributed by atoms with Crippen molar-refractivity contribution in [2.75, 3.05) is 0 Å². The van der Waals surface area contributed by atoms with Crippen LogP contribution in [0.3, 0.4) is 0 Å². The lowest BCUT2D eigenvalue weighted by molar-refractivity contribution is 0.651. The van der Waals surface area contributed by atoms with E-state index in [2.05, 4.69) is 5.92 Å². The third-order valence-electron chi connectivity index (χ3n) is 0.620. The van der Waals surface area contributed by atoms with Gasteiger partial charge in [-0.3, -0.25) is 0 Å². The number of terminal acetylenes is 1. The molecule has 0 fully saturated rings. The SMILES string of the molecule is C#C[CH]/C(F)=C/CC. The molecule has 43 valence electrons. The van der Waals surface area contributed by atoms with Crippen molar-refractivity contribution >= 4 is 0 Å². The van der Waals surface area contributed by atoms with Crippen molar-refractivity contribution in [3.63, 3.8) is 0 Å². The van der Waals surface area contributed by atoms with Crippen LogP contribution in [-0.4, -0.2) is 0 Å². The standard InChI is InChI=1S/C7H8F/c1-3-5-7(8)6-4-2/h1,5-6H,4H2,2H3/b7-6-. The Balaban J connectivity index is 3.49. The zero-order valence-corrected chi connectivity index (χ0v) is 4.82. The average molecular weight is 111 g/mol. The summed E-state index contributed by atoms with van der Waals surface area (Å²) in [5.74, 6) is 1.76. The minimum Gasteiger partial charge on any atom is -0.211 e. The molecule has 0 aromatic heterocycles. The number of hydrogen-bond donors (Lipinski definition) is 0. The molecule has 0 saturated heterocycles. The number of allylic oxidation sites excluding steroid dienone is 2. The Labute approximate surface area is 49.4 Å². The van der Waals surface area contributed by atoms with Crippen molar-refractivity contribution in [2.24, 2.45) is 0 Å². The van der Waals surface area contributed by atoms with Gasteiger partial charge < -0.3 is 0 Å². The van der Waals surface area contributed by atoms with Gasteiger partial charge in [-0.15, -0.1) is 6.42 Å². The van der Waals surface area contributed by atoms with E-state index in [4.69, 9.17) is 6.42 Å². The maximum Gasteiger partial charge on any atom is 0.113 e. The summed E-state index contributed by atoms with van der Waals surface area (Å²) in [6.07, 6.45) is 7.99. The molecule has 0 nitrogen and oxygen atoms in total. The first-order valence-electron chi connectivity index (χ1n) is 2.46. The van der Waals surface area contributed by atoms with E-state index in [9.17, 15) is 4.39 Å². The number of halogens is 1. The van der Waals surface area contributed by atoms with Crippen molar-refractivity contribution in [2.45, 2.75) is 13.3 Å². The second-order valence-corrected chi connectivity index (χ2v) is 1.31. The highest BCUT2D eigenvalue weighted by molar-refractivity contribution is 5.19. The first-order valence-corrected chi connectivity index (χ1v) is 2.46. The molecule has 0 spiro atoms. The topological polar surface area (TPSA) is 0 Å². The fourth-order valence-electron chi connectivity index (χ4n) is 0.334. The molecule has 8 heavy (non-hydrogen) atoms. The maximum atomic E-state index is 12.1. The summed E-state index contributed by atoms with van der Waals surface area (Å²) in [6.45, 7) is 1.85. The van der Waals surface area contributed by atoms with Gasteiger partial charge in [-0.05, 0) is 6.42 Å². The zero-order chi connectivity index (χ0) is 6.41. The van der Waals surface area contributed by atoms with Crippen LogP contribution in [-0.2, 0) is 0 Å². The largest absolute Gasteiger partial charge is 0.211 e. The average Bonchev–Trinajstić information content (AvgIpc) is 1.68. The third-order valence-corrected chi connectivity index (χ3v) is 0.620. The van der Waals surface area contributed by atoms with Crippen LogP contribution in [0.1, 0.15) is 13.3 Å². The number of rotatable bonds is 2. The molecule has 0 N–H and O–H groups in total. The molecule has 0 heterocycles. The molecule has 0 amide bonds. The predicted molar refractivity (Wildman–Crippen MR) is 32.6 cm³/mol. The molecule has 1 heteroatoms. The highest BCUT2D eigenvalue weighted by atomic mass is 19.1. The van der Waals surface area contributed by atoms with Crippen molar-refractivity contribution in [3.8, 4) is 12.3 Å². The molecule has 0 saturated carbocycles. The Hall–Kier alpha value is -0.770. The van der Waals surface area contributed by atoms with Gasteiger partial charge in [-0.1, -0.05) is 18.9 Å². The van der Waals surface area contributed by atoms with Gasteiger partial charge >= 0.3 is 0 Å².